The number of aryl methyl sites for hydroxylation is 1. The highest BCUT2D eigenvalue weighted by Crippen LogP contribution is 2.33. The lowest BCUT2D eigenvalue weighted by atomic mass is 10.1. The van der Waals surface area contributed by atoms with Crippen LogP contribution in [0.5, 0.6) is 11.5 Å². The van der Waals surface area contributed by atoms with E-state index in [-0.39, 0.29) is 31.0 Å². The molecule has 4 aromatic rings. The second-order valence-corrected chi connectivity index (χ2v) is 7.57. The maximum atomic E-state index is 12.0. The van der Waals surface area contributed by atoms with Crippen LogP contribution in [-0.2, 0) is 30.3 Å². The van der Waals surface area contributed by atoms with Crippen LogP contribution in [-0.4, -0.2) is 50.3 Å². The number of benzene rings is 2. The third-order valence-electron chi connectivity index (χ3n) is 4.95. The lowest BCUT2D eigenvalue weighted by Gasteiger charge is -2.07. The van der Waals surface area contributed by atoms with Crippen LogP contribution in [0.25, 0.3) is 16.7 Å². The van der Waals surface area contributed by atoms with Crippen molar-refractivity contribution in [3.05, 3.63) is 54.1 Å². The number of esters is 3. The van der Waals surface area contributed by atoms with Crippen molar-refractivity contribution in [3.63, 3.8) is 0 Å². The predicted octanol–water partition coefficient (Wildman–Crippen LogP) is 2.65. The van der Waals surface area contributed by atoms with E-state index in [2.05, 4.69) is 6.58 Å². The van der Waals surface area contributed by atoms with Gasteiger partial charge in [-0.2, -0.15) is 0 Å². The summed E-state index contributed by atoms with van der Waals surface area (Å²) in [7, 11) is 0. The summed E-state index contributed by atoms with van der Waals surface area (Å²) in [5.41, 5.74) is 3.43. The van der Waals surface area contributed by atoms with Gasteiger partial charge in [0, 0.05) is 25.0 Å². The molecule has 0 saturated heterocycles. The number of hydrogen-bond acceptors (Lipinski definition) is 7. The Morgan fingerprint density at radius 1 is 0.970 bits per heavy atom. The Balaban J connectivity index is 1.38. The Kier molecular flexibility index (Phi) is 5.82. The van der Waals surface area contributed by atoms with Crippen LogP contribution in [0.2, 0.25) is 0 Å². The molecule has 10 heteroatoms. The topological polar surface area (TPSA) is 113 Å². The molecule has 1 N–H and O–H groups in total. The summed E-state index contributed by atoms with van der Waals surface area (Å²) in [6.07, 6.45) is 0.549. The van der Waals surface area contributed by atoms with Crippen LogP contribution < -0.4 is 4.74 Å². The molecule has 33 heavy (non-hydrogen) atoms. The van der Waals surface area contributed by atoms with E-state index in [1.165, 1.54) is 13.8 Å². The molecule has 2 aromatic heterocycles. The van der Waals surface area contributed by atoms with Crippen LogP contribution in [0, 0.1) is 0 Å². The molecule has 0 aliphatic rings. The average molecular weight is 453 g/mol. The van der Waals surface area contributed by atoms with Gasteiger partial charge in [-0.15, -0.1) is 14.1 Å². The number of phenolic OH excluding ortho intramolecular Hbond substituents is 1. The molecular weight excluding hydrogens is 430 g/mol. The van der Waals surface area contributed by atoms with E-state index < -0.39 is 17.9 Å². The van der Waals surface area contributed by atoms with Crippen LogP contribution >= 0.6 is 0 Å². The minimum absolute atomic E-state index is 0.0238. The standard InChI is InChI=1S/C23H23N3O7/c1-14(2)23(30)32-11-10-31-22(29)9-5-16-4-8-21(28)20(12-16)26-24-18-7-6-17(33-15(3)27)13-19(18)25(24)26/h4,6-8,12-13,28H,1,5,9-11H2,2-3H3. The van der Waals surface area contributed by atoms with E-state index in [4.69, 9.17) is 14.2 Å². The Hall–Kier alpha value is -4.21. The number of phenols is 1. The summed E-state index contributed by atoms with van der Waals surface area (Å²) < 4.78 is 18.7. The Bertz CT molecular complexity index is 1360. The Morgan fingerprint density at radius 2 is 1.70 bits per heavy atom. The molecule has 0 saturated carbocycles. The molecule has 2 aromatic carbocycles. The number of nitrogens with zero attached hydrogens (tertiary/aromatic N) is 3. The van der Waals surface area contributed by atoms with Gasteiger partial charge in [-0.25, -0.2) is 4.79 Å². The molecule has 0 atom stereocenters. The molecule has 0 aliphatic carbocycles. The molecule has 0 spiro atoms. The SMILES string of the molecule is C=C(C)C(=O)OCCOC(=O)CCc1ccc(O)c(-n2n3c4ccc(OC(C)=O)cc4n23)c1. The minimum Gasteiger partial charge on any atom is -0.506 e. The summed E-state index contributed by atoms with van der Waals surface area (Å²) >= 11 is 0. The van der Waals surface area contributed by atoms with Gasteiger partial charge < -0.3 is 19.3 Å². The van der Waals surface area contributed by atoms with Crippen LogP contribution in [0.15, 0.2) is 48.6 Å². The molecule has 0 radical (unpaired) electrons. The van der Waals surface area contributed by atoms with Crippen LogP contribution in [0.4, 0.5) is 0 Å². The lowest BCUT2D eigenvalue weighted by Crippen LogP contribution is -2.14. The third-order valence-corrected chi connectivity index (χ3v) is 4.95. The van der Waals surface area contributed by atoms with Gasteiger partial charge in [0.05, 0.1) is 0 Å². The largest absolute Gasteiger partial charge is 0.506 e. The maximum Gasteiger partial charge on any atom is 0.333 e. The molecule has 0 bridgehead atoms. The van der Waals surface area contributed by atoms with Gasteiger partial charge in [0.25, 0.3) is 0 Å². The zero-order chi connectivity index (χ0) is 23.7. The molecule has 10 nitrogen and oxygen atoms in total. The van der Waals surface area contributed by atoms with Gasteiger partial charge in [-0.05, 0) is 43.2 Å². The summed E-state index contributed by atoms with van der Waals surface area (Å²) in [5.74, 6) is -0.811. The second-order valence-electron chi connectivity index (χ2n) is 7.57. The van der Waals surface area contributed by atoms with Crippen molar-refractivity contribution in [2.45, 2.75) is 26.7 Å². The van der Waals surface area contributed by atoms with Crippen molar-refractivity contribution < 1.29 is 33.7 Å². The van der Waals surface area contributed by atoms with E-state index in [0.29, 0.717) is 17.9 Å². The molecule has 172 valence electrons. The first-order chi connectivity index (χ1) is 15.8. The maximum absolute atomic E-state index is 12.0. The first kappa shape index (κ1) is 22.0. The smallest absolute Gasteiger partial charge is 0.333 e. The van der Waals surface area contributed by atoms with Crippen LogP contribution in [0.3, 0.4) is 0 Å². The fraction of sp³-hybridized carbons (Fsp3) is 0.261. The van der Waals surface area contributed by atoms with E-state index in [1.54, 1.807) is 35.1 Å². The number of fused-ring (bicyclic) bond motifs is 4. The lowest BCUT2D eigenvalue weighted by molar-refractivity contribution is -0.150. The fourth-order valence-electron chi connectivity index (χ4n) is 3.37. The average Bonchev–Trinajstić information content (AvgIpc) is 3.43. The number of hydrogen-bond donors (Lipinski definition) is 1. The van der Waals surface area contributed by atoms with Crippen molar-refractivity contribution in [2.24, 2.45) is 0 Å². The van der Waals surface area contributed by atoms with Gasteiger partial charge in [-0.1, -0.05) is 12.6 Å². The second kappa shape index (κ2) is 8.73. The Labute approximate surface area is 188 Å². The number of carbonyl (C=O) groups excluding carboxylic acids is 3. The normalized spacial score (nSPS) is 11.2. The highest BCUT2D eigenvalue weighted by atomic mass is 16.6. The first-order valence-electron chi connectivity index (χ1n) is 10.3. The van der Waals surface area contributed by atoms with Gasteiger partial charge in [0.1, 0.15) is 41.4 Å². The number of aromatic hydroxyl groups is 1. The fourth-order valence-corrected chi connectivity index (χ4v) is 3.37. The van der Waals surface area contributed by atoms with Crippen molar-refractivity contribution >= 4 is 28.9 Å². The molecular formula is C23H23N3O7. The highest BCUT2D eigenvalue weighted by Gasteiger charge is 2.26. The Morgan fingerprint density at radius 3 is 2.42 bits per heavy atom. The van der Waals surface area contributed by atoms with Gasteiger partial charge >= 0.3 is 17.9 Å². The quantitative estimate of drug-likeness (QED) is 0.179. The monoisotopic (exact) mass is 453 g/mol. The van der Waals surface area contributed by atoms with E-state index in [0.717, 1.165) is 16.6 Å². The highest BCUT2D eigenvalue weighted by molar-refractivity contribution is 5.87. The van der Waals surface area contributed by atoms with Gasteiger partial charge in [-0.3, -0.25) is 9.59 Å². The molecule has 0 amide bonds. The molecule has 0 aliphatic heterocycles. The number of carbonyl (C=O) groups is 3. The predicted molar refractivity (Wildman–Crippen MR) is 117 cm³/mol. The van der Waals surface area contributed by atoms with Crippen molar-refractivity contribution in [1.82, 2.24) is 14.1 Å². The first-order valence-corrected chi connectivity index (χ1v) is 10.3. The minimum atomic E-state index is -0.525. The number of ether oxygens (including phenoxy) is 3. The van der Waals surface area contributed by atoms with E-state index >= 15 is 0 Å². The molecule has 0 unspecified atom stereocenters. The molecule has 4 rings (SSSR count). The summed E-state index contributed by atoms with van der Waals surface area (Å²) in [4.78, 5) is 36.2. The number of aromatic nitrogens is 3. The number of rotatable bonds is 9. The van der Waals surface area contributed by atoms with E-state index in [1.807, 2.05) is 15.3 Å². The van der Waals surface area contributed by atoms with Crippen molar-refractivity contribution in [2.75, 3.05) is 13.2 Å². The van der Waals surface area contributed by atoms with E-state index in [9.17, 15) is 19.5 Å². The van der Waals surface area contributed by atoms with Gasteiger partial charge in [0.15, 0.2) is 0 Å². The zero-order valence-corrected chi connectivity index (χ0v) is 18.2. The van der Waals surface area contributed by atoms with Crippen molar-refractivity contribution in [3.8, 4) is 17.2 Å². The summed E-state index contributed by atoms with van der Waals surface area (Å²) in [6.45, 7) is 6.30. The summed E-state index contributed by atoms with van der Waals surface area (Å²) in [6, 6.07) is 10.4. The molecule has 2 heterocycles. The van der Waals surface area contributed by atoms with Crippen molar-refractivity contribution in [1.29, 1.82) is 0 Å². The third kappa shape index (κ3) is 4.54. The molecule has 0 fully saturated rings. The zero-order valence-electron chi connectivity index (χ0n) is 18.2. The summed E-state index contributed by atoms with van der Waals surface area (Å²) in [5, 5.41) is 10.4. The van der Waals surface area contributed by atoms with Crippen LogP contribution in [0.1, 0.15) is 25.8 Å². The van der Waals surface area contributed by atoms with Gasteiger partial charge in [0.2, 0.25) is 0 Å².